The molecule has 3 heteroatoms. The Morgan fingerprint density at radius 1 is 1.60 bits per heavy atom. The Morgan fingerprint density at radius 3 is 2.93 bits per heavy atom. The van der Waals surface area contributed by atoms with E-state index in [1.807, 2.05) is 6.07 Å². The molecule has 0 saturated carbocycles. The number of carbonyl (C=O) groups excluding carboxylic acids is 1. The number of amides is 1. The summed E-state index contributed by atoms with van der Waals surface area (Å²) in [5.74, 6) is 2.70. The molecule has 0 heterocycles. The molecule has 0 radical (unpaired) electrons. The van der Waals surface area contributed by atoms with Crippen LogP contribution in [-0.4, -0.2) is 23.9 Å². The van der Waals surface area contributed by atoms with E-state index in [0.717, 1.165) is 12.8 Å². The van der Waals surface area contributed by atoms with Gasteiger partial charge in [0.05, 0.1) is 12.6 Å². The van der Waals surface area contributed by atoms with Crippen molar-refractivity contribution in [2.24, 2.45) is 5.92 Å². The van der Waals surface area contributed by atoms with Crippen LogP contribution in [0.2, 0.25) is 0 Å². The van der Waals surface area contributed by atoms with Gasteiger partial charge in [-0.1, -0.05) is 18.1 Å². The number of hydrogen-bond acceptors (Lipinski definition) is 2. The molecule has 1 rings (SSSR count). The van der Waals surface area contributed by atoms with Crippen molar-refractivity contribution in [2.45, 2.75) is 19.3 Å². The second-order valence-corrected chi connectivity index (χ2v) is 3.58. The summed E-state index contributed by atoms with van der Waals surface area (Å²) in [7, 11) is 0. The second-order valence-electron chi connectivity index (χ2n) is 3.58. The number of nitriles is 1. The molecule has 0 aromatic heterocycles. The van der Waals surface area contributed by atoms with Crippen molar-refractivity contribution in [2.75, 3.05) is 13.1 Å². The van der Waals surface area contributed by atoms with Crippen LogP contribution in [-0.2, 0) is 4.79 Å². The molecule has 3 nitrogen and oxygen atoms in total. The van der Waals surface area contributed by atoms with E-state index in [4.69, 9.17) is 11.7 Å². The van der Waals surface area contributed by atoms with Gasteiger partial charge in [0.1, 0.15) is 6.54 Å². The zero-order chi connectivity index (χ0) is 11.1. The van der Waals surface area contributed by atoms with Gasteiger partial charge in [-0.3, -0.25) is 4.79 Å². The molecule has 0 saturated heterocycles. The van der Waals surface area contributed by atoms with Crippen LogP contribution in [0.25, 0.3) is 0 Å². The minimum atomic E-state index is -0.0222. The summed E-state index contributed by atoms with van der Waals surface area (Å²) in [5, 5.41) is 8.55. The van der Waals surface area contributed by atoms with Gasteiger partial charge in [0, 0.05) is 6.42 Å². The molecule has 0 aromatic carbocycles. The number of rotatable bonds is 4. The lowest BCUT2D eigenvalue weighted by Gasteiger charge is -2.18. The van der Waals surface area contributed by atoms with E-state index < -0.39 is 0 Å². The second kappa shape index (κ2) is 5.88. The van der Waals surface area contributed by atoms with Crippen molar-refractivity contribution in [1.29, 1.82) is 5.26 Å². The Kier molecular flexibility index (Phi) is 4.44. The maximum Gasteiger partial charge on any atom is 0.224 e. The number of carbonyl (C=O) groups is 1. The molecule has 1 aliphatic rings. The third-order valence-electron chi connectivity index (χ3n) is 2.45. The van der Waals surface area contributed by atoms with Crippen molar-refractivity contribution < 1.29 is 4.79 Å². The first kappa shape index (κ1) is 11.3. The van der Waals surface area contributed by atoms with E-state index in [-0.39, 0.29) is 19.0 Å². The van der Waals surface area contributed by atoms with Crippen molar-refractivity contribution in [3.05, 3.63) is 12.2 Å². The first-order valence-corrected chi connectivity index (χ1v) is 5.02. The molecule has 1 aliphatic carbocycles. The molecule has 1 unspecified atom stereocenters. The molecule has 0 spiro atoms. The fourth-order valence-electron chi connectivity index (χ4n) is 1.65. The van der Waals surface area contributed by atoms with Crippen LogP contribution in [0.4, 0.5) is 0 Å². The molecule has 1 atom stereocenters. The molecule has 0 N–H and O–H groups in total. The van der Waals surface area contributed by atoms with Gasteiger partial charge in [0.15, 0.2) is 0 Å². The van der Waals surface area contributed by atoms with E-state index >= 15 is 0 Å². The van der Waals surface area contributed by atoms with Gasteiger partial charge in [0.25, 0.3) is 0 Å². The van der Waals surface area contributed by atoms with Gasteiger partial charge in [-0.2, -0.15) is 5.26 Å². The van der Waals surface area contributed by atoms with Gasteiger partial charge < -0.3 is 4.90 Å². The molecule has 0 fully saturated rings. The Hall–Kier alpha value is -1.74. The molecule has 0 aromatic rings. The summed E-state index contributed by atoms with van der Waals surface area (Å²) in [6.45, 7) is 0.308. The topological polar surface area (TPSA) is 44.1 Å². The molecule has 0 bridgehead atoms. The normalized spacial score (nSPS) is 18.1. The summed E-state index contributed by atoms with van der Waals surface area (Å²) in [4.78, 5) is 13.1. The maximum absolute atomic E-state index is 11.7. The van der Waals surface area contributed by atoms with Crippen molar-refractivity contribution in [3.63, 3.8) is 0 Å². The zero-order valence-corrected chi connectivity index (χ0v) is 8.65. The lowest BCUT2D eigenvalue weighted by Crippen LogP contribution is -2.32. The molecular formula is C12H14N2O. The lowest BCUT2D eigenvalue weighted by molar-refractivity contribution is -0.130. The summed E-state index contributed by atoms with van der Waals surface area (Å²) in [5.41, 5.74) is 0. The predicted molar refractivity (Wildman–Crippen MR) is 57.5 cm³/mol. The fraction of sp³-hybridized carbons (Fsp3) is 0.500. The molecule has 15 heavy (non-hydrogen) atoms. The monoisotopic (exact) mass is 202 g/mol. The van der Waals surface area contributed by atoms with Crippen LogP contribution in [0.15, 0.2) is 12.2 Å². The van der Waals surface area contributed by atoms with Crippen LogP contribution in [0.5, 0.6) is 0 Å². The smallest absolute Gasteiger partial charge is 0.224 e. The number of nitrogens with zero attached hydrogens (tertiary/aromatic N) is 2. The molecule has 78 valence electrons. The third-order valence-corrected chi connectivity index (χ3v) is 2.45. The average Bonchev–Trinajstić information content (AvgIpc) is 2.70. The predicted octanol–water partition coefficient (Wildman–Crippen LogP) is 1.33. The Morgan fingerprint density at radius 2 is 2.40 bits per heavy atom. The number of hydrogen-bond donors (Lipinski definition) is 0. The SMILES string of the molecule is C#CCN(CC#N)C(=O)CC1C=CCC1. The Bertz CT molecular complexity index is 317. The highest BCUT2D eigenvalue weighted by Crippen LogP contribution is 2.21. The summed E-state index contributed by atoms with van der Waals surface area (Å²) in [6, 6.07) is 1.95. The standard InChI is InChI=1S/C12H14N2O/c1-2-8-14(9-7-13)12(15)10-11-5-3-4-6-11/h1,3,5,11H,4,6,8-10H2. The highest BCUT2D eigenvalue weighted by Gasteiger charge is 2.18. The van der Waals surface area contributed by atoms with Crippen LogP contribution in [0, 0.1) is 29.6 Å². The van der Waals surface area contributed by atoms with Crippen LogP contribution in [0.3, 0.4) is 0 Å². The van der Waals surface area contributed by atoms with Crippen molar-refractivity contribution in [1.82, 2.24) is 4.90 Å². The highest BCUT2D eigenvalue weighted by molar-refractivity contribution is 5.77. The largest absolute Gasteiger partial charge is 0.318 e. The van der Waals surface area contributed by atoms with Gasteiger partial charge in [-0.05, 0) is 18.8 Å². The Labute approximate surface area is 90.4 Å². The van der Waals surface area contributed by atoms with Gasteiger partial charge in [0.2, 0.25) is 5.91 Å². The van der Waals surface area contributed by atoms with Crippen LogP contribution in [0.1, 0.15) is 19.3 Å². The van der Waals surface area contributed by atoms with E-state index in [0.29, 0.717) is 12.3 Å². The average molecular weight is 202 g/mol. The van der Waals surface area contributed by atoms with Crippen LogP contribution < -0.4 is 0 Å². The first-order chi connectivity index (χ1) is 7.27. The summed E-state index contributed by atoms with van der Waals surface area (Å²) in [6.07, 6.45) is 11.8. The van der Waals surface area contributed by atoms with E-state index in [1.54, 1.807) is 0 Å². The summed E-state index contributed by atoms with van der Waals surface area (Å²) < 4.78 is 0. The van der Waals surface area contributed by atoms with Crippen molar-refractivity contribution in [3.8, 4) is 18.4 Å². The van der Waals surface area contributed by atoms with E-state index in [1.165, 1.54) is 4.90 Å². The quantitative estimate of drug-likeness (QED) is 0.392. The third kappa shape index (κ3) is 3.48. The minimum Gasteiger partial charge on any atom is -0.318 e. The lowest BCUT2D eigenvalue weighted by atomic mass is 10.0. The minimum absolute atomic E-state index is 0.0222. The summed E-state index contributed by atoms with van der Waals surface area (Å²) >= 11 is 0. The first-order valence-electron chi connectivity index (χ1n) is 5.02. The van der Waals surface area contributed by atoms with Gasteiger partial charge >= 0.3 is 0 Å². The van der Waals surface area contributed by atoms with E-state index in [9.17, 15) is 4.79 Å². The highest BCUT2D eigenvalue weighted by atomic mass is 16.2. The maximum atomic E-state index is 11.7. The number of allylic oxidation sites excluding steroid dienone is 2. The van der Waals surface area contributed by atoms with Crippen molar-refractivity contribution >= 4 is 5.91 Å². The zero-order valence-electron chi connectivity index (χ0n) is 8.65. The van der Waals surface area contributed by atoms with Crippen LogP contribution >= 0.6 is 0 Å². The fourth-order valence-corrected chi connectivity index (χ4v) is 1.65. The Balaban J connectivity index is 2.45. The number of terminal acetylenes is 1. The van der Waals surface area contributed by atoms with E-state index in [2.05, 4.69) is 18.1 Å². The molecule has 0 aliphatic heterocycles. The molecular weight excluding hydrogens is 188 g/mol. The van der Waals surface area contributed by atoms with Gasteiger partial charge in [-0.25, -0.2) is 0 Å². The molecule has 1 amide bonds. The van der Waals surface area contributed by atoms with Gasteiger partial charge in [-0.15, -0.1) is 6.42 Å².